The summed E-state index contributed by atoms with van der Waals surface area (Å²) in [5.74, 6) is 0.810. The Morgan fingerprint density at radius 2 is 2.09 bits per heavy atom. The van der Waals surface area contributed by atoms with Gasteiger partial charge in [0.2, 0.25) is 0 Å². The van der Waals surface area contributed by atoms with Gasteiger partial charge in [0.1, 0.15) is 17.0 Å². The van der Waals surface area contributed by atoms with Gasteiger partial charge in [0.25, 0.3) is 0 Å². The number of aliphatic imine (C=N–C) groups is 1. The molecule has 0 saturated carbocycles. The fraction of sp³-hybridized carbons (Fsp3) is 0.192. The average Bonchev–Trinajstić information content (AvgIpc) is 3.50. The number of aromatic amines is 2. The monoisotopic (exact) mass is 465 g/mol. The number of hydrogen-bond donors (Lipinski definition) is 3. The maximum absolute atomic E-state index is 4.95. The normalized spacial score (nSPS) is 11.9. The van der Waals surface area contributed by atoms with Crippen LogP contribution < -0.4 is 10.2 Å². The molecule has 9 nitrogen and oxygen atoms in total. The molecule has 0 atom stereocenters. The van der Waals surface area contributed by atoms with Crippen LogP contribution in [0, 0.1) is 0 Å². The van der Waals surface area contributed by atoms with Crippen LogP contribution in [-0.2, 0) is 6.54 Å². The van der Waals surface area contributed by atoms with E-state index in [2.05, 4.69) is 61.2 Å². The minimum absolute atomic E-state index is 0.753. The van der Waals surface area contributed by atoms with E-state index in [0.717, 1.165) is 74.7 Å². The zero-order valence-corrected chi connectivity index (χ0v) is 20.0. The third-order valence-corrected chi connectivity index (χ3v) is 5.82. The molecule has 0 radical (unpaired) electrons. The van der Waals surface area contributed by atoms with E-state index in [4.69, 9.17) is 4.98 Å². The second kappa shape index (κ2) is 9.47. The molecule has 0 unspecified atom stereocenters. The number of H-pyrrole nitrogens is 2. The van der Waals surface area contributed by atoms with Crippen molar-refractivity contribution in [3.05, 3.63) is 66.4 Å². The minimum atomic E-state index is 0.753. The molecule has 3 N–H and O–H groups in total. The fourth-order valence-electron chi connectivity index (χ4n) is 4.07. The molecule has 0 aliphatic heterocycles. The van der Waals surface area contributed by atoms with Crippen LogP contribution in [0.3, 0.4) is 0 Å². The topological polar surface area (TPSA) is 111 Å². The van der Waals surface area contributed by atoms with Gasteiger partial charge in [0, 0.05) is 49.3 Å². The number of nitrogens with zero attached hydrogens (tertiary/aromatic N) is 6. The molecule has 0 aliphatic rings. The summed E-state index contributed by atoms with van der Waals surface area (Å²) in [5, 5.41) is 12.0. The molecule has 0 spiro atoms. The number of anilines is 1. The van der Waals surface area contributed by atoms with E-state index in [0.29, 0.717) is 0 Å². The molecule has 5 rings (SSSR count). The van der Waals surface area contributed by atoms with Crippen LogP contribution in [0.4, 0.5) is 5.82 Å². The zero-order valence-electron chi connectivity index (χ0n) is 20.0. The van der Waals surface area contributed by atoms with Crippen molar-refractivity contribution >= 4 is 34.5 Å². The van der Waals surface area contributed by atoms with Gasteiger partial charge in [-0.1, -0.05) is 6.92 Å². The SMILES string of the molecule is C=N/C(C)=C\N(C)c1nccc2[nH]c(-c3n[nH]c4ccc(-c5cncc(CNCC)c5)nc34)cc12. The maximum Gasteiger partial charge on any atom is 0.141 e. The van der Waals surface area contributed by atoms with Crippen LogP contribution in [0.5, 0.6) is 0 Å². The Kier molecular flexibility index (Phi) is 6.07. The molecule has 9 heteroatoms. The molecular weight excluding hydrogens is 438 g/mol. The standard InChI is InChI=1S/C26H27N9/c1-5-28-12-17-10-18(14-29-13-17)20-6-7-22-24(32-20)25(34-33-22)23-11-19-21(31-23)8-9-30-26(19)35(4)15-16(2)27-3/h6-11,13-15,28,31H,3,5,12H2,1-2,4H3,(H,33,34)/b16-15-. The van der Waals surface area contributed by atoms with Crippen LogP contribution in [0.25, 0.3) is 44.6 Å². The molecule has 0 aliphatic carbocycles. The molecule has 0 saturated heterocycles. The Labute approximate surface area is 203 Å². The Balaban J connectivity index is 1.56. The van der Waals surface area contributed by atoms with Crippen molar-refractivity contribution in [1.29, 1.82) is 0 Å². The summed E-state index contributed by atoms with van der Waals surface area (Å²) in [6.07, 6.45) is 7.40. The molecule has 35 heavy (non-hydrogen) atoms. The van der Waals surface area contributed by atoms with E-state index in [9.17, 15) is 0 Å². The average molecular weight is 466 g/mol. The van der Waals surface area contributed by atoms with Gasteiger partial charge in [0.15, 0.2) is 0 Å². The summed E-state index contributed by atoms with van der Waals surface area (Å²) >= 11 is 0. The molecule has 0 fully saturated rings. The fourth-order valence-corrected chi connectivity index (χ4v) is 4.07. The van der Waals surface area contributed by atoms with Crippen LogP contribution in [0.15, 0.2) is 65.8 Å². The highest BCUT2D eigenvalue weighted by Gasteiger charge is 2.16. The van der Waals surface area contributed by atoms with Crippen molar-refractivity contribution in [3.63, 3.8) is 0 Å². The third kappa shape index (κ3) is 4.41. The molecule has 176 valence electrons. The quantitative estimate of drug-likeness (QED) is 0.287. The van der Waals surface area contributed by atoms with Gasteiger partial charge in [-0.25, -0.2) is 9.97 Å². The Bertz CT molecular complexity index is 1540. The van der Waals surface area contributed by atoms with Gasteiger partial charge in [-0.15, -0.1) is 0 Å². The van der Waals surface area contributed by atoms with Gasteiger partial charge in [-0.05, 0) is 56.1 Å². The van der Waals surface area contributed by atoms with Gasteiger partial charge in [-0.3, -0.25) is 15.1 Å². The number of rotatable bonds is 8. The molecule has 5 aromatic heterocycles. The second-order valence-corrected chi connectivity index (χ2v) is 8.35. The van der Waals surface area contributed by atoms with E-state index in [1.807, 2.05) is 55.7 Å². The molecule has 5 heterocycles. The third-order valence-electron chi connectivity index (χ3n) is 5.82. The first-order chi connectivity index (χ1) is 17.1. The summed E-state index contributed by atoms with van der Waals surface area (Å²) in [4.78, 5) is 23.3. The van der Waals surface area contributed by atoms with Crippen molar-refractivity contribution in [1.82, 2.24) is 35.5 Å². The van der Waals surface area contributed by atoms with Gasteiger partial charge in [-0.2, -0.15) is 5.10 Å². The number of hydrogen-bond acceptors (Lipinski definition) is 7. The molecule has 5 aromatic rings. The summed E-state index contributed by atoms with van der Waals surface area (Å²) in [7, 11) is 1.94. The van der Waals surface area contributed by atoms with E-state index in [1.165, 1.54) is 0 Å². The first-order valence-corrected chi connectivity index (χ1v) is 11.4. The minimum Gasteiger partial charge on any atom is -0.353 e. The largest absolute Gasteiger partial charge is 0.353 e. The van der Waals surface area contributed by atoms with E-state index in [1.54, 1.807) is 6.20 Å². The van der Waals surface area contributed by atoms with Crippen LogP contribution in [-0.4, -0.2) is 50.4 Å². The molecule has 0 bridgehead atoms. The van der Waals surface area contributed by atoms with Crippen LogP contribution in [0.1, 0.15) is 19.4 Å². The van der Waals surface area contributed by atoms with Crippen molar-refractivity contribution < 1.29 is 0 Å². The number of fused-ring (bicyclic) bond motifs is 2. The lowest BCUT2D eigenvalue weighted by Crippen LogP contribution is -2.11. The van der Waals surface area contributed by atoms with Crippen molar-refractivity contribution in [3.8, 4) is 22.6 Å². The Hall–Kier alpha value is -4.37. The van der Waals surface area contributed by atoms with E-state index in [-0.39, 0.29) is 0 Å². The lowest BCUT2D eigenvalue weighted by molar-refractivity contribution is 0.724. The van der Waals surface area contributed by atoms with Crippen LogP contribution >= 0.6 is 0 Å². The first kappa shape index (κ1) is 22.4. The smallest absolute Gasteiger partial charge is 0.141 e. The highest BCUT2D eigenvalue weighted by atomic mass is 15.2. The van der Waals surface area contributed by atoms with E-state index < -0.39 is 0 Å². The predicted molar refractivity (Wildman–Crippen MR) is 141 cm³/mol. The maximum atomic E-state index is 4.95. The van der Waals surface area contributed by atoms with Crippen molar-refractivity contribution in [2.75, 3.05) is 18.5 Å². The summed E-state index contributed by atoms with van der Waals surface area (Å²) in [6, 6.07) is 10.1. The Morgan fingerprint density at radius 3 is 2.91 bits per heavy atom. The summed E-state index contributed by atoms with van der Waals surface area (Å²) in [5.41, 5.74) is 7.98. The molecule has 0 amide bonds. The Morgan fingerprint density at radius 1 is 1.20 bits per heavy atom. The second-order valence-electron chi connectivity index (χ2n) is 8.35. The summed E-state index contributed by atoms with van der Waals surface area (Å²) < 4.78 is 0. The van der Waals surface area contributed by atoms with Crippen molar-refractivity contribution in [2.45, 2.75) is 20.4 Å². The van der Waals surface area contributed by atoms with Crippen molar-refractivity contribution in [2.24, 2.45) is 4.99 Å². The molecular formula is C26H27N9. The first-order valence-electron chi connectivity index (χ1n) is 11.4. The number of aromatic nitrogens is 6. The number of nitrogens with one attached hydrogen (secondary N) is 3. The zero-order chi connectivity index (χ0) is 24.4. The van der Waals surface area contributed by atoms with E-state index >= 15 is 0 Å². The predicted octanol–water partition coefficient (Wildman–Crippen LogP) is 4.67. The molecule has 0 aromatic carbocycles. The van der Waals surface area contributed by atoms with Gasteiger partial charge >= 0.3 is 0 Å². The lowest BCUT2D eigenvalue weighted by atomic mass is 10.1. The summed E-state index contributed by atoms with van der Waals surface area (Å²) in [6.45, 7) is 9.25. The highest BCUT2D eigenvalue weighted by Crippen LogP contribution is 2.32. The van der Waals surface area contributed by atoms with Crippen LogP contribution in [0.2, 0.25) is 0 Å². The van der Waals surface area contributed by atoms with Gasteiger partial charge in [0.05, 0.1) is 28.1 Å². The number of allylic oxidation sites excluding steroid dienone is 1. The lowest BCUT2D eigenvalue weighted by Gasteiger charge is -2.14. The van der Waals surface area contributed by atoms with Gasteiger partial charge < -0.3 is 15.2 Å². The highest BCUT2D eigenvalue weighted by molar-refractivity contribution is 5.98. The number of pyridine rings is 3.